The van der Waals surface area contributed by atoms with E-state index in [0.29, 0.717) is 17.0 Å². The largest absolute Gasteiger partial charge is 0.386 e. The van der Waals surface area contributed by atoms with Crippen LogP contribution in [0.3, 0.4) is 0 Å². The van der Waals surface area contributed by atoms with E-state index in [1.165, 1.54) is 17.7 Å². The van der Waals surface area contributed by atoms with Crippen molar-refractivity contribution in [2.24, 2.45) is 0 Å². The lowest BCUT2D eigenvalue weighted by atomic mass is 10.1. The number of ether oxygens (including phenoxy) is 1. The standard InChI is InChI=1S/C14H14N5O5PS2/c15-11-8-13(17-5-16-11)19(12(18-8)7-2-1-3-27-7)14-9(20)10-6(23-14)4-22-25(21,26)24-10/h1-3,5-6,9-10,14,20H,4H2,(H,21,26)(H2,15,16,17)/t6?,9-,10?,14+,25+/m0/s1. The number of aliphatic hydroxyl groups excluding tert-OH is 1. The third-order valence-electron chi connectivity index (χ3n) is 4.47. The van der Waals surface area contributed by atoms with E-state index in [0.717, 1.165) is 4.88 Å². The number of aliphatic hydroxyl groups is 1. The number of anilines is 1. The van der Waals surface area contributed by atoms with Crippen molar-refractivity contribution in [3.8, 4) is 10.7 Å². The first-order valence-electron chi connectivity index (χ1n) is 7.96. The summed E-state index contributed by atoms with van der Waals surface area (Å²) in [6, 6.07) is 3.78. The number of imidazole rings is 1. The maximum atomic E-state index is 12.0. The molecule has 0 aromatic carbocycles. The third-order valence-corrected chi connectivity index (χ3v) is 6.95. The number of aromatic nitrogens is 4. The molecule has 0 radical (unpaired) electrons. The first kappa shape index (κ1) is 17.6. The average Bonchev–Trinajstić information content (AvgIpc) is 3.33. The van der Waals surface area contributed by atoms with Crippen LogP contribution in [0.5, 0.6) is 0 Å². The van der Waals surface area contributed by atoms with Crippen molar-refractivity contribution in [3.05, 3.63) is 23.8 Å². The minimum absolute atomic E-state index is 0.00288. The summed E-state index contributed by atoms with van der Waals surface area (Å²) >= 11 is 5.35. The molecule has 0 amide bonds. The summed E-state index contributed by atoms with van der Waals surface area (Å²) in [5.74, 6) is 0.755. The van der Waals surface area contributed by atoms with Gasteiger partial charge in [0.15, 0.2) is 29.0 Å². The molecular weight excluding hydrogens is 413 g/mol. The SMILES string of the molecule is Nc1ncnc2c1nc(-c1cccs1)n2[C@@H]1OC2CO[P@@](=O)(S)OC2[C@@H]1O. The Kier molecular flexibility index (Phi) is 4.06. The second kappa shape index (κ2) is 6.24. The zero-order valence-corrected chi connectivity index (χ0v) is 16.2. The van der Waals surface area contributed by atoms with Gasteiger partial charge in [-0.2, -0.15) is 0 Å². The Labute approximate surface area is 162 Å². The van der Waals surface area contributed by atoms with E-state index < -0.39 is 31.3 Å². The Morgan fingerprint density at radius 1 is 1.44 bits per heavy atom. The quantitative estimate of drug-likeness (QED) is 0.414. The van der Waals surface area contributed by atoms with Crippen molar-refractivity contribution in [3.63, 3.8) is 0 Å². The normalized spacial score (nSPS) is 33.4. The van der Waals surface area contributed by atoms with Gasteiger partial charge in [-0.15, -0.1) is 11.3 Å². The van der Waals surface area contributed by atoms with Gasteiger partial charge in [-0.25, -0.2) is 19.5 Å². The van der Waals surface area contributed by atoms with Crippen LogP contribution in [-0.2, 0) is 18.3 Å². The van der Waals surface area contributed by atoms with E-state index in [4.69, 9.17) is 19.5 Å². The molecule has 2 aliphatic rings. The average molecular weight is 427 g/mol. The smallest absolute Gasteiger partial charge is 0.386 e. The number of fused-ring (bicyclic) bond motifs is 2. The number of rotatable bonds is 2. The highest BCUT2D eigenvalue weighted by Crippen LogP contribution is 2.59. The van der Waals surface area contributed by atoms with Crippen LogP contribution < -0.4 is 5.73 Å². The fourth-order valence-electron chi connectivity index (χ4n) is 3.30. The van der Waals surface area contributed by atoms with Gasteiger partial charge in [-0.1, -0.05) is 18.3 Å². The van der Waals surface area contributed by atoms with Gasteiger partial charge in [0.05, 0.1) is 11.5 Å². The molecule has 27 heavy (non-hydrogen) atoms. The maximum Gasteiger partial charge on any atom is 0.386 e. The van der Waals surface area contributed by atoms with Crippen molar-refractivity contribution in [1.82, 2.24) is 19.5 Å². The molecule has 3 aromatic rings. The summed E-state index contributed by atoms with van der Waals surface area (Å²) in [4.78, 5) is 13.7. The molecule has 2 aliphatic heterocycles. The molecule has 5 atom stereocenters. The topological polar surface area (TPSA) is 135 Å². The monoisotopic (exact) mass is 427 g/mol. The molecule has 10 nitrogen and oxygen atoms in total. The van der Waals surface area contributed by atoms with E-state index in [1.807, 2.05) is 17.5 Å². The summed E-state index contributed by atoms with van der Waals surface area (Å²) < 4.78 is 30.1. The van der Waals surface area contributed by atoms with Crippen LogP contribution in [0.2, 0.25) is 0 Å². The van der Waals surface area contributed by atoms with Crippen molar-refractivity contribution in [2.45, 2.75) is 24.5 Å². The molecule has 142 valence electrons. The lowest BCUT2D eigenvalue weighted by Crippen LogP contribution is -2.38. The van der Waals surface area contributed by atoms with Crippen molar-refractivity contribution >= 4 is 47.4 Å². The van der Waals surface area contributed by atoms with Crippen molar-refractivity contribution in [2.75, 3.05) is 12.3 Å². The van der Waals surface area contributed by atoms with Crippen LogP contribution in [0.4, 0.5) is 5.82 Å². The second-order valence-electron chi connectivity index (χ2n) is 6.10. The van der Waals surface area contributed by atoms with Crippen LogP contribution in [-0.4, -0.2) is 49.5 Å². The molecule has 0 aliphatic carbocycles. The minimum Gasteiger partial charge on any atom is -0.386 e. The van der Waals surface area contributed by atoms with E-state index in [9.17, 15) is 9.67 Å². The zero-order valence-electron chi connectivity index (χ0n) is 13.6. The highest BCUT2D eigenvalue weighted by molar-refractivity contribution is 8.44. The third kappa shape index (κ3) is 2.80. The van der Waals surface area contributed by atoms with Gasteiger partial charge in [0, 0.05) is 0 Å². The zero-order chi connectivity index (χ0) is 18.8. The predicted molar refractivity (Wildman–Crippen MR) is 100 cm³/mol. The van der Waals surface area contributed by atoms with Crippen LogP contribution in [0.25, 0.3) is 21.9 Å². The first-order chi connectivity index (χ1) is 12.9. The van der Waals surface area contributed by atoms with Crippen LogP contribution in [0.1, 0.15) is 6.23 Å². The second-order valence-corrected chi connectivity index (χ2v) is 9.93. The predicted octanol–water partition coefficient (Wildman–Crippen LogP) is 1.85. The van der Waals surface area contributed by atoms with E-state index in [1.54, 1.807) is 4.57 Å². The number of hydrogen-bond acceptors (Lipinski definition) is 10. The molecule has 0 saturated carbocycles. The summed E-state index contributed by atoms with van der Waals surface area (Å²) in [6.07, 6.45) is -2.14. The minimum atomic E-state index is -3.53. The Morgan fingerprint density at radius 2 is 2.30 bits per heavy atom. The molecule has 2 unspecified atom stereocenters. The Hall–Kier alpha value is -1.53. The van der Waals surface area contributed by atoms with E-state index in [-0.39, 0.29) is 12.4 Å². The Bertz CT molecular complexity index is 1060. The lowest BCUT2D eigenvalue weighted by Gasteiger charge is -2.28. The maximum absolute atomic E-state index is 12.0. The molecule has 5 heterocycles. The lowest BCUT2D eigenvalue weighted by molar-refractivity contribution is -0.0555. The van der Waals surface area contributed by atoms with Gasteiger partial charge in [0.25, 0.3) is 0 Å². The van der Waals surface area contributed by atoms with Gasteiger partial charge >= 0.3 is 6.80 Å². The summed E-state index contributed by atoms with van der Waals surface area (Å²) in [5.41, 5.74) is 6.79. The summed E-state index contributed by atoms with van der Waals surface area (Å²) in [6.45, 7) is -3.53. The van der Waals surface area contributed by atoms with Gasteiger partial charge in [0.1, 0.15) is 24.6 Å². The molecular formula is C14H14N5O5PS2. The number of hydrogen-bond donors (Lipinski definition) is 3. The van der Waals surface area contributed by atoms with Crippen LogP contribution in [0, 0.1) is 0 Å². The highest BCUT2D eigenvalue weighted by Gasteiger charge is 2.52. The molecule has 2 fully saturated rings. The summed E-state index contributed by atoms with van der Waals surface area (Å²) in [7, 11) is 0. The number of thiophene rings is 1. The molecule has 13 heteroatoms. The number of nitrogens with zero attached hydrogens (tertiary/aromatic N) is 4. The number of nitrogen functional groups attached to an aromatic ring is 1. The number of nitrogens with two attached hydrogens (primary N) is 1. The van der Waals surface area contributed by atoms with Crippen LogP contribution >= 0.6 is 30.4 Å². The first-order valence-corrected chi connectivity index (χ1v) is 11.5. The Morgan fingerprint density at radius 3 is 3.07 bits per heavy atom. The molecule has 0 bridgehead atoms. The molecule has 3 aromatic heterocycles. The molecule has 0 spiro atoms. The van der Waals surface area contributed by atoms with Gasteiger partial charge in [0.2, 0.25) is 0 Å². The Balaban J connectivity index is 1.66. The van der Waals surface area contributed by atoms with Crippen molar-refractivity contribution in [1.29, 1.82) is 0 Å². The van der Waals surface area contributed by atoms with Gasteiger partial charge in [-0.3, -0.25) is 13.6 Å². The molecule has 2 saturated heterocycles. The van der Waals surface area contributed by atoms with Gasteiger partial charge in [-0.05, 0) is 11.4 Å². The van der Waals surface area contributed by atoms with E-state index >= 15 is 0 Å². The summed E-state index contributed by atoms with van der Waals surface area (Å²) in [5, 5.41) is 12.8. The fraction of sp³-hybridized carbons (Fsp3) is 0.357. The van der Waals surface area contributed by atoms with Crippen molar-refractivity contribution < 1.29 is 23.5 Å². The highest BCUT2D eigenvalue weighted by atomic mass is 32.7. The molecule has 3 N–H and O–H groups in total. The van der Waals surface area contributed by atoms with Crippen LogP contribution in [0.15, 0.2) is 23.8 Å². The van der Waals surface area contributed by atoms with Gasteiger partial charge < -0.3 is 15.6 Å². The van der Waals surface area contributed by atoms with E-state index in [2.05, 4.69) is 27.2 Å². The number of thiol groups is 1. The molecule has 5 rings (SSSR count). The fourth-order valence-corrected chi connectivity index (χ4v) is 5.50.